The van der Waals surface area contributed by atoms with Gasteiger partial charge in [0.15, 0.2) is 0 Å². The number of hydrogen-bond acceptors (Lipinski definition) is 4. The Balaban J connectivity index is 1.62. The zero-order chi connectivity index (χ0) is 14.7. The predicted octanol–water partition coefficient (Wildman–Crippen LogP) is 4.91. The number of nitrogens with one attached hydrogen (secondary N) is 1. The second kappa shape index (κ2) is 4.29. The summed E-state index contributed by atoms with van der Waals surface area (Å²) in [6.07, 6.45) is 3.76. The third kappa shape index (κ3) is 1.78. The van der Waals surface area contributed by atoms with Gasteiger partial charge in [-0.3, -0.25) is 5.43 Å². The molecule has 4 heteroatoms. The van der Waals surface area contributed by atoms with Crippen LogP contribution in [0, 0.1) is 16.7 Å². The Morgan fingerprint density at radius 2 is 2.10 bits per heavy atom. The molecule has 1 N–H and O–H groups in total. The molecule has 0 spiro atoms. The number of thiazole rings is 1. The number of nitrogens with zero attached hydrogens (tertiary/aromatic N) is 2. The lowest BCUT2D eigenvalue weighted by Crippen LogP contribution is -2.32. The van der Waals surface area contributed by atoms with Crippen molar-refractivity contribution < 1.29 is 0 Å². The maximum atomic E-state index is 4.75. The van der Waals surface area contributed by atoms with E-state index < -0.39 is 0 Å². The second-order valence-corrected chi connectivity index (χ2v) is 8.18. The Morgan fingerprint density at radius 1 is 1.29 bits per heavy atom. The minimum Gasteiger partial charge on any atom is -0.253 e. The van der Waals surface area contributed by atoms with E-state index in [2.05, 4.69) is 43.3 Å². The molecule has 0 amide bonds. The molecular weight excluding hydrogens is 278 g/mol. The maximum Gasteiger partial charge on any atom is 0.204 e. The van der Waals surface area contributed by atoms with E-state index in [-0.39, 0.29) is 5.41 Å². The number of para-hydroxylation sites is 1. The van der Waals surface area contributed by atoms with E-state index in [4.69, 9.17) is 5.10 Å². The van der Waals surface area contributed by atoms with Crippen LogP contribution in [0.15, 0.2) is 29.4 Å². The van der Waals surface area contributed by atoms with Crippen molar-refractivity contribution in [2.75, 3.05) is 5.43 Å². The molecule has 1 heterocycles. The van der Waals surface area contributed by atoms with E-state index in [1.54, 1.807) is 11.3 Å². The predicted molar refractivity (Wildman–Crippen MR) is 89.9 cm³/mol. The van der Waals surface area contributed by atoms with Gasteiger partial charge in [0.1, 0.15) is 0 Å². The van der Waals surface area contributed by atoms with Crippen LogP contribution in [0.3, 0.4) is 0 Å². The molecule has 2 fully saturated rings. The molecule has 2 aromatic rings. The van der Waals surface area contributed by atoms with Crippen molar-refractivity contribution >= 4 is 32.4 Å². The molecule has 2 bridgehead atoms. The third-order valence-corrected chi connectivity index (χ3v) is 7.03. The first-order valence-corrected chi connectivity index (χ1v) is 8.51. The Bertz CT molecular complexity index is 697. The first-order chi connectivity index (χ1) is 10.0. The van der Waals surface area contributed by atoms with Crippen LogP contribution < -0.4 is 5.43 Å². The van der Waals surface area contributed by atoms with Crippen LogP contribution in [0.2, 0.25) is 0 Å². The van der Waals surface area contributed by atoms with Gasteiger partial charge in [-0.2, -0.15) is 5.10 Å². The largest absolute Gasteiger partial charge is 0.253 e. The first-order valence-electron chi connectivity index (χ1n) is 7.69. The molecule has 2 saturated carbocycles. The molecule has 4 rings (SSSR count). The van der Waals surface area contributed by atoms with Crippen LogP contribution in [-0.2, 0) is 0 Å². The molecule has 1 aromatic heterocycles. The van der Waals surface area contributed by atoms with Gasteiger partial charge in [-0.1, -0.05) is 44.2 Å². The molecule has 1 aromatic carbocycles. The average molecular weight is 299 g/mol. The highest BCUT2D eigenvalue weighted by Crippen LogP contribution is 2.63. The Hall–Kier alpha value is -1.42. The highest BCUT2D eigenvalue weighted by Gasteiger charge is 2.59. The van der Waals surface area contributed by atoms with Crippen LogP contribution in [0.4, 0.5) is 5.13 Å². The van der Waals surface area contributed by atoms with Crippen molar-refractivity contribution in [1.29, 1.82) is 0 Å². The standard InChI is InChI=1S/C17H21N3S/c1-16(2)11-8-9-17(16,3)14(10-11)19-20-15-18-12-6-4-5-7-13(12)21-15/h4-7,11H,8-10H2,1-3H3,(H,18,20)/b19-14-/t11-,17+/m1/s1. The summed E-state index contributed by atoms with van der Waals surface area (Å²) in [6, 6.07) is 8.23. The Labute approximate surface area is 129 Å². The quantitative estimate of drug-likeness (QED) is 0.800. The summed E-state index contributed by atoms with van der Waals surface area (Å²) in [5, 5.41) is 5.65. The Kier molecular flexibility index (Phi) is 2.71. The van der Waals surface area contributed by atoms with E-state index in [1.807, 2.05) is 12.1 Å². The Morgan fingerprint density at radius 3 is 2.76 bits per heavy atom. The van der Waals surface area contributed by atoms with Crippen molar-refractivity contribution in [3.05, 3.63) is 24.3 Å². The fourth-order valence-corrected chi connectivity index (χ4v) is 4.94. The fourth-order valence-electron chi connectivity index (χ4n) is 4.13. The molecule has 2 aliphatic carbocycles. The maximum absolute atomic E-state index is 4.75. The molecule has 110 valence electrons. The van der Waals surface area contributed by atoms with Crippen molar-refractivity contribution in [3.63, 3.8) is 0 Å². The molecule has 0 radical (unpaired) electrons. The van der Waals surface area contributed by atoms with Gasteiger partial charge in [-0.15, -0.1) is 0 Å². The number of aromatic nitrogens is 1. The van der Waals surface area contributed by atoms with Gasteiger partial charge in [-0.25, -0.2) is 4.98 Å². The van der Waals surface area contributed by atoms with Crippen molar-refractivity contribution in [3.8, 4) is 0 Å². The monoisotopic (exact) mass is 299 g/mol. The van der Waals surface area contributed by atoms with Crippen LogP contribution in [0.1, 0.15) is 40.0 Å². The molecule has 3 nitrogen and oxygen atoms in total. The lowest BCUT2D eigenvalue weighted by Gasteiger charge is -2.34. The van der Waals surface area contributed by atoms with Crippen LogP contribution in [0.25, 0.3) is 10.2 Å². The van der Waals surface area contributed by atoms with E-state index in [0.717, 1.165) is 23.0 Å². The van der Waals surface area contributed by atoms with Crippen LogP contribution in [-0.4, -0.2) is 10.7 Å². The summed E-state index contributed by atoms with van der Waals surface area (Å²) in [4.78, 5) is 4.60. The van der Waals surface area contributed by atoms with Crippen LogP contribution in [0.5, 0.6) is 0 Å². The van der Waals surface area contributed by atoms with E-state index in [9.17, 15) is 0 Å². The summed E-state index contributed by atoms with van der Waals surface area (Å²) < 4.78 is 1.21. The molecule has 0 aliphatic heterocycles. The summed E-state index contributed by atoms with van der Waals surface area (Å²) in [7, 11) is 0. The smallest absolute Gasteiger partial charge is 0.204 e. The van der Waals surface area contributed by atoms with Gasteiger partial charge in [-0.05, 0) is 42.7 Å². The van der Waals surface area contributed by atoms with E-state index in [0.29, 0.717) is 5.41 Å². The van der Waals surface area contributed by atoms with Gasteiger partial charge in [0, 0.05) is 11.1 Å². The number of rotatable bonds is 2. The highest BCUT2D eigenvalue weighted by molar-refractivity contribution is 7.22. The van der Waals surface area contributed by atoms with Crippen molar-refractivity contribution in [2.45, 2.75) is 40.0 Å². The third-order valence-electron chi connectivity index (χ3n) is 6.09. The molecular formula is C17H21N3S. The van der Waals surface area contributed by atoms with Gasteiger partial charge in [0.05, 0.1) is 10.2 Å². The average Bonchev–Trinajstić information content (AvgIpc) is 3.02. The minimum absolute atomic E-state index is 0.251. The molecule has 21 heavy (non-hydrogen) atoms. The van der Waals surface area contributed by atoms with Crippen molar-refractivity contribution in [1.82, 2.24) is 4.98 Å². The lowest BCUT2D eigenvalue weighted by molar-refractivity contribution is 0.194. The van der Waals surface area contributed by atoms with Crippen molar-refractivity contribution in [2.24, 2.45) is 21.8 Å². The van der Waals surface area contributed by atoms with Gasteiger partial charge < -0.3 is 0 Å². The minimum atomic E-state index is 0.251. The summed E-state index contributed by atoms with van der Waals surface area (Å²) in [5.74, 6) is 0.790. The summed E-state index contributed by atoms with van der Waals surface area (Å²) in [5.41, 5.74) is 6.23. The number of hydrazone groups is 1. The number of benzene rings is 1. The zero-order valence-corrected chi connectivity index (χ0v) is 13.6. The normalized spacial score (nSPS) is 32.1. The van der Waals surface area contributed by atoms with E-state index in [1.165, 1.54) is 23.3 Å². The van der Waals surface area contributed by atoms with Gasteiger partial charge in [0.2, 0.25) is 5.13 Å². The topological polar surface area (TPSA) is 37.3 Å². The SMILES string of the molecule is CC1(C)[C@@H]2CC[C@@]1(C)/C(=N\Nc1nc3ccccc3s1)C2. The zero-order valence-electron chi connectivity index (χ0n) is 12.8. The first kappa shape index (κ1) is 13.3. The molecule has 0 unspecified atom stereocenters. The second-order valence-electron chi connectivity index (χ2n) is 7.15. The van der Waals surface area contributed by atoms with Crippen LogP contribution >= 0.6 is 11.3 Å². The molecule has 2 atom stereocenters. The molecule has 2 aliphatic rings. The molecule has 0 saturated heterocycles. The summed E-state index contributed by atoms with van der Waals surface area (Å²) >= 11 is 1.67. The van der Waals surface area contributed by atoms with Gasteiger partial charge >= 0.3 is 0 Å². The number of anilines is 1. The summed E-state index contributed by atoms with van der Waals surface area (Å²) in [6.45, 7) is 7.20. The fraction of sp³-hybridized carbons (Fsp3) is 0.529. The number of hydrogen-bond donors (Lipinski definition) is 1. The van der Waals surface area contributed by atoms with E-state index >= 15 is 0 Å². The lowest BCUT2D eigenvalue weighted by atomic mass is 9.70. The highest BCUT2D eigenvalue weighted by atomic mass is 32.1. The van der Waals surface area contributed by atoms with Gasteiger partial charge in [0.25, 0.3) is 0 Å². The number of fused-ring (bicyclic) bond motifs is 3.